The fourth-order valence-electron chi connectivity index (χ4n) is 8.80. The zero-order chi connectivity index (χ0) is 42.3. The average Bonchev–Trinajstić information content (AvgIpc) is 3.22. The maximum atomic E-state index is 10.4. The first-order valence-electron chi connectivity index (χ1n) is 27.9. The Morgan fingerprint density at radius 1 is 0.207 bits per heavy atom. The summed E-state index contributed by atoms with van der Waals surface area (Å²) in [7, 11) is 0. The zero-order valence-corrected chi connectivity index (χ0v) is 41.1. The highest BCUT2D eigenvalue weighted by Crippen LogP contribution is 2.18. The maximum Gasteiger partial charge on any atom is 0.303 e. The quantitative estimate of drug-likeness (QED) is 0.0621. The van der Waals surface area contributed by atoms with Crippen molar-refractivity contribution >= 4 is 5.97 Å². The minimum absolute atomic E-state index is 0.347. The van der Waals surface area contributed by atoms with E-state index in [2.05, 4.69) is 20.8 Å². The predicted octanol–water partition coefficient (Wildman–Crippen LogP) is 21.4. The lowest BCUT2D eigenvalue weighted by Gasteiger charge is -2.04. The Morgan fingerprint density at radius 3 is 0.414 bits per heavy atom. The molecule has 0 aromatic carbocycles. The van der Waals surface area contributed by atoms with Gasteiger partial charge in [0.2, 0.25) is 0 Å². The second kappa shape index (κ2) is 58.6. The molecule has 350 valence electrons. The lowest BCUT2D eigenvalue weighted by molar-refractivity contribution is -0.137. The van der Waals surface area contributed by atoms with Crippen LogP contribution in [0.4, 0.5) is 0 Å². The molecule has 2 heteroatoms. The summed E-state index contributed by atoms with van der Waals surface area (Å²) in [5.74, 6) is -0.649. The molecule has 0 saturated carbocycles. The van der Waals surface area contributed by atoms with E-state index < -0.39 is 5.97 Å². The first-order chi connectivity index (χ1) is 28.7. The van der Waals surface area contributed by atoms with Crippen LogP contribution in [-0.4, -0.2) is 11.1 Å². The van der Waals surface area contributed by atoms with E-state index in [0.29, 0.717) is 6.42 Å². The van der Waals surface area contributed by atoms with Crippen LogP contribution in [-0.2, 0) is 4.79 Å². The Balaban J connectivity index is 0. The van der Waals surface area contributed by atoms with Crippen molar-refractivity contribution in [3.05, 3.63) is 0 Å². The van der Waals surface area contributed by atoms with Gasteiger partial charge in [0.25, 0.3) is 0 Å². The molecule has 0 aliphatic carbocycles. The number of hydrogen-bond donors (Lipinski definition) is 1. The molecule has 0 rings (SSSR count). The number of hydrogen-bond acceptors (Lipinski definition) is 1. The lowest BCUT2D eigenvalue weighted by Crippen LogP contribution is -1.93. The molecule has 0 spiro atoms. The van der Waals surface area contributed by atoms with Gasteiger partial charge in [0.1, 0.15) is 0 Å². The van der Waals surface area contributed by atoms with Crippen molar-refractivity contribution in [2.45, 2.75) is 355 Å². The molecule has 2 nitrogen and oxygen atoms in total. The van der Waals surface area contributed by atoms with Crippen molar-refractivity contribution in [3.63, 3.8) is 0 Å². The lowest BCUT2D eigenvalue weighted by atomic mass is 10.0. The molecule has 0 fully saturated rings. The fraction of sp³-hybridized carbons (Fsp3) is 0.982. The molecule has 0 aliphatic rings. The van der Waals surface area contributed by atoms with Crippen molar-refractivity contribution < 1.29 is 9.90 Å². The number of carboxylic acid groups (broad SMARTS) is 1. The van der Waals surface area contributed by atoms with Crippen LogP contribution in [0.15, 0.2) is 0 Å². The number of aliphatic carboxylic acids is 1. The van der Waals surface area contributed by atoms with Gasteiger partial charge in [-0.2, -0.15) is 0 Å². The molecule has 58 heavy (non-hydrogen) atoms. The molecule has 0 amide bonds. The zero-order valence-electron chi connectivity index (χ0n) is 41.1. The fourth-order valence-corrected chi connectivity index (χ4v) is 8.80. The molecule has 0 aromatic heterocycles. The smallest absolute Gasteiger partial charge is 0.303 e. The van der Waals surface area contributed by atoms with Gasteiger partial charge in [-0.25, -0.2) is 0 Å². The molecule has 1 N–H and O–H groups in total. The third-order valence-corrected chi connectivity index (χ3v) is 13.0. The van der Waals surface area contributed by atoms with Gasteiger partial charge in [-0.3, -0.25) is 4.79 Å². The molecule has 0 saturated heterocycles. The van der Waals surface area contributed by atoms with Crippen LogP contribution in [0.2, 0.25) is 0 Å². The second-order valence-electron chi connectivity index (χ2n) is 19.1. The van der Waals surface area contributed by atoms with Crippen LogP contribution in [0.5, 0.6) is 0 Å². The van der Waals surface area contributed by atoms with Crippen LogP contribution in [0.25, 0.3) is 0 Å². The molecule has 0 bridgehead atoms. The molecule has 0 heterocycles. The van der Waals surface area contributed by atoms with Gasteiger partial charge in [0, 0.05) is 6.42 Å². The molecule has 0 unspecified atom stereocenters. The number of carbonyl (C=O) groups is 1. The van der Waals surface area contributed by atoms with Gasteiger partial charge in [0.15, 0.2) is 0 Å². The Hall–Kier alpha value is -0.530. The minimum Gasteiger partial charge on any atom is -0.481 e. The van der Waals surface area contributed by atoms with E-state index in [1.165, 1.54) is 315 Å². The molecular weight excluding hydrogens is 705 g/mol. The third-order valence-electron chi connectivity index (χ3n) is 13.0. The van der Waals surface area contributed by atoms with E-state index in [9.17, 15) is 4.79 Å². The molecule has 0 aliphatic heterocycles. The van der Waals surface area contributed by atoms with Crippen molar-refractivity contribution in [3.8, 4) is 0 Å². The monoisotopic (exact) mass is 819 g/mol. The molecular formula is C56H114O2. The van der Waals surface area contributed by atoms with Crippen LogP contribution in [0, 0.1) is 0 Å². The summed E-state index contributed by atoms with van der Waals surface area (Å²) in [6.45, 7) is 6.90. The van der Waals surface area contributed by atoms with E-state index in [1.54, 1.807) is 0 Å². The van der Waals surface area contributed by atoms with Crippen LogP contribution in [0.3, 0.4) is 0 Å². The molecule has 0 radical (unpaired) electrons. The molecule has 0 aromatic rings. The van der Waals surface area contributed by atoms with Gasteiger partial charge < -0.3 is 5.11 Å². The summed E-state index contributed by atoms with van der Waals surface area (Å²) in [5, 5.41) is 8.60. The van der Waals surface area contributed by atoms with E-state index in [-0.39, 0.29) is 0 Å². The van der Waals surface area contributed by atoms with Crippen molar-refractivity contribution in [1.29, 1.82) is 0 Å². The van der Waals surface area contributed by atoms with E-state index in [1.807, 2.05) is 0 Å². The van der Waals surface area contributed by atoms with Gasteiger partial charge in [-0.15, -0.1) is 0 Å². The van der Waals surface area contributed by atoms with Gasteiger partial charge >= 0.3 is 5.97 Å². The second-order valence-corrected chi connectivity index (χ2v) is 19.1. The highest BCUT2D eigenvalue weighted by atomic mass is 16.4. The topological polar surface area (TPSA) is 37.3 Å². The summed E-state index contributed by atoms with van der Waals surface area (Å²) < 4.78 is 0. The Kier molecular flexibility index (Phi) is 60.1. The highest BCUT2D eigenvalue weighted by Gasteiger charge is 1.99. The van der Waals surface area contributed by atoms with E-state index >= 15 is 0 Å². The van der Waals surface area contributed by atoms with Gasteiger partial charge in [-0.1, -0.05) is 342 Å². The first kappa shape index (κ1) is 59.6. The highest BCUT2D eigenvalue weighted by molar-refractivity contribution is 5.66. The normalized spacial score (nSPS) is 11.3. The summed E-state index contributed by atoms with van der Waals surface area (Å²) in [6.07, 6.45) is 73.4. The Labute approximate surface area is 369 Å². The Morgan fingerprint density at radius 2 is 0.310 bits per heavy atom. The first-order valence-corrected chi connectivity index (χ1v) is 27.9. The SMILES string of the molecule is CCCCCCCCCCCCCCCCCCCCCCCCCCC.CCCCCCCCCCCCCCCCCCCCCCCCCCCCC(=O)O. The summed E-state index contributed by atoms with van der Waals surface area (Å²) in [5.41, 5.74) is 0. The summed E-state index contributed by atoms with van der Waals surface area (Å²) in [6, 6.07) is 0. The van der Waals surface area contributed by atoms with Crippen molar-refractivity contribution in [2.24, 2.45) is 0 Å². The number of rotatable bonds is 51. The largest absolute Gasteiger partial charge is 0.481 e. The summed E-state index contributed by atoms with van der Waals surface area (Å²) >= 11 is 0. The van der Waals surface area contributed by atoms with Gasteiger partial charge in [0.05, 0.1) is 0 Å². The average molecular weight is 820 g/mol. The minimum atomic E-state index is -0.649. The van der Waals surface area contributed by atoms with Crippen molar-refractivity contribution in [2.75, 3.05) is 0 Å². The van der Waals surface area contributed by atoms with E-state index in [0.717, 1.165) is 12.8 Å². The molecule has 0 atom stereocenters. The van der Waals surface area contributed by atoms with Crippen molar-refractivity contribution in [1.82, 2.24) is 0 Å². The van der Waals surface area contributed by atoms with E-state index in [4.69, 9.17) is 5.11 Å². The Bertz CT molecular complexity index is 664. The number of unbranched alkanes of at least 4 members (excludes halogenated alkanes) is 49. The number of carboxylic acids is 1. The van der Waals surface area contributed by atoms with Crippen LogP contribution < -0.4 is 0 Å². The third kappa shape index (κ3) is 62.1. The van der Waals surface area contributed by atoms with Gasteiger partial charge in [-0.05, 0) is 6.42 Å². The summed E-state index contributed by atoms with van der Waals surface area (Å²) in [4.78, 5) is 10.4. The standard InChI is InChI=1S/C29H58O2.C27H56/c1-2-3-4-5-6-7-8-9-10-11-12-13-14-15-16-17-18-19-20-21-22-23-24-25-26-27-28-29(30)31;1-3-5-7-9-11-13-15-17-19-21-23-25-27-26-24-22-20-18-16-14-12-10-8-6-4-2/h2-28H2,1H3,(H,30,31);3-27H2,1-2H3. The predicted molar refractivity (Wildman–Crippen MR) is 265 cm³/mol. The van der Waals surface area contributed by atoms with Crippen LogP contribution >= 0.6 is 0 Å². The van der Waals surface area contributed by atoms with Crippen LogP contribution in [0.1, 0.15) is 355 Å². The maximum absolute atomic E-state index is 10.4.